The van der Waals surface area contributed by atoms with Crippen molar-refractivity contribution >= 4 is 10.8 Å². The first-order valence-corrected chi connectivity index (χ1v) is 8.07. The van der Waals surface area contributed by atoms with E-state index in [2.05, 4.69) is 6.07 Å². The van der Waals surface area contributed by atoms with Gasteiger partial charge in [-0.1, -0.05) is 29.3 Å². The molecule has 0 spiro atoms. The summed E-state index contributed by atoms with van der Waals surface area (Å²) >= 11 is 0. The van der Waals surface area contributed by atoms with Crippen molar-refractivity contribution < 1.29 is 8.60 Å². The third kappa shape index (κ3) is 4.24. The summed E-state index contributed by atoms with van der Waals surface area (Å²) in [6.45, 7) is 4.00. The Hall–Kier alpha value is -1.99. The van der Waals surface area contributed by atoms with Crippen molar-refractivity contribution in [3.63, 3.8) is 0 Å². The van der Waals surface area contributed by atoms with Gasteiger partial charge in [0.05, 0.1) is 17.4 Å². The van der Waals surface area contributed by atoms with Crippen molar-refractivity contribution in [1.29, 1.82) is 5.26 Å². The molecule has 2 nitrogen and oxygen atoms in total. The van der Waals surface area contributed by atoms with Crippen LogP contribution >= 0.6 is 0 Å². The topological polar surface area (TPSA) is 40.9 Å². The van der Waals surface area contributed by atoms with Gasteiger partial charge in [-0.25, -0.2) is 4.39 Å². The van der Waals surface area contributed by atoms with E-state index >= 15 is 0 Å². The molecule has 0 aromatic heterocycles. The molecular weight excluding hydrogens is 285 g/mol. The number of rotatable bonds is 4. The summed E-state index contributed by atoms with van der Waals surface area (Å²) in [5, 5.41) is 9.01. The molecule has 0 fully saturated rings. The molecule has 0 amide bonds. The fourth-order valence-corrected chi connectivity index (χ4v) is 3.58. The second kappa shape index (κ2) is 6.64. The largest absolute Gasteiger partial charge is 0.259 e. The predicted molar refractivity (Wildman–Crippen MR) is 82.6 cm³/mol. The van der Waals surface area contributed by atoms with Gasteiger partial charge in [0, 0.05) is 16.6 Å². The maximum absolute atomic E-state index is 13.3. The van der Waals surface area contributed by atoms with Gasteiger partial charge in [0.15, 0.2) is 0 Å². The van der Waals surface area contributed by atoms with Gasteiger partial charge in [-0.2, -0.15) is 5.26 Å². The number of halogens is 1. The van der Waals surface area contributed by atoms with Crippen LogP contribution in [0.4, 0.5) is 4.39 Å². The molecule has 1 unspecified atom stereocenters. The Morgan fingerprint density at radius 2 is 1.76 bits per heavy atom. The van der Waals surface area contributed by atoms with Crippen LogP contribution in [0, 0.1) is 31.0 Å². The van der Waals surface area contributed by atoms with Gasteiger partial charge in [0.1, 0.15) is 5.82 Å². The van der Waals surface area contributed by atoms with Crippen molar-refractivity contribution in [2.75, 3.05) is 0 Å². The minimum absolute atomic E-state index is 0.188. The molecule has 1 atom stereocenters. The van der Waals surface area contributed by atoms with Gasteiger partial charge in [0.2, 0.25) is 0 Å². The van der Waals surface area contributed by atoms with Gasteiger partial charge in [-0.05, 0) is 43.2 Å². The molecule has 0 aliphatic heterocycles. The molecule has 0 aliphatic rings. The quantitative estimate of drug-likeness (QED) is 0.862. The summed E-state index contributed by atoms with van der Waals surface area (Å²) in [4.78, 5) is 0. The molecule has 0 bridgehead atoms. The highest BCUT2D eigenvalue weighted by atomic mass is 32.2. The van der Waals surface area contributed by atoms with Crippen LogP contribution in [0.5, 0.6) is 0 Å². The first-order chi connectivity index (χ1) is 9.97. The zero-order chi connectivity index (χ0) is 15.4. The van der Waals surface area contributed by atoms with Crippen LogP contribution in [0.15, 0.2) is 36.4 Å². The van der Waals surface area contributed by atoms with E-state index in [-0.39, 0.29) is 5.75 Å². The first-order valence-electron chi connectivity index (χ1n) is 6.58. The normalized spacial score (nSPS) is 11.9. The van der Waals surface area contributed by atoms with Gasteiger partial charge in [-0.15, -0.1) is 0 Å². The Kier molecular flexibility index (Phi) is 4.87. The van der Waals surface area contributed by atoms with E-state index in [1.807, 2.05) is 32.0 Å². The Morgan fingerprint density at radius 3 is 2.38 bits per heavy atom. The SMILES string of the molecule is Cc1cc(C)cc(CS(=O)Cc2cc(F)ccc2C#N)c1. The van der Waals surface area contributed by atoms with Crippen LogP contribution in [0.2, 0.25) is 0 Å². The van der Waals surface area contributed by atoms with Gasteiger partial charge in [-0.3, -0.25) is 4.21 Å². The second-order valence-corrected chi connectivity index (χ2v) is 6.59. The minimum Gasteiger partial charge on any atom is -0.259 e. The van der Waals surface area contributed by atoms with E-state index in [0.717, 1.165) is 16.7 Å². The highest BCUT2D eigenvalue weighted by Gasteiger charge is 2.09. The molecule has 0 radical (unpaired) electrons. The number of hydrogen-bond acceptors (Lipinski definition) is 2. The molecule has 2 aromatic rings. The van der Waals surface area contributed by atoms with Crippen LogP contribution in [-0.2, 0) is 22.3 Å². The maximum atomic E-state index is 13.3. The molecule has 0 heterocycles. The predicted octanol–water partition coefficient (Wildman–Crippen LogP) is 3.76. The van der Waals surface area contributed by atoms with E-state index in [1.54, 1.807) is 0 Å². The average molecular weight is 301 g/mol. The molecule has 108 valence electrons. The number of benzene rings is 2. The van der Waals surface area contributed by atoms with Crippen molar-refractivity contribution in [1.82, 2.24) is 0 Å². The van der Waals surface area contributed by atoms with Crippen LogP contribution in [-0.4, -0.2) is 4.21 Å². The third-order valence-corrected chi connectivity index (χ3v) is 4.40. The molecular formula is C17H16FNOS. The van der Waals surface area contributed by atoms with Crippen molar-refractivity contribution in [2.24, 2.45) is 0 Å². The summed E-state index contributed by atoms with van der Waals surface area (Å²) in [5.74, 6) is 0.185. The van der Waals surface area contributed by atoms with E-state index in [0.29, 0.717) is 16.9 Å². The molecule has 2 aromatic carbocycles. The summed E-state index contributed by atoms with van der Waals surface area (Å²) in [6, 6.07) is 12.0. The van der Waals surface area contributed by atoms with Crippen molar-refractivity contribution in [2.45, 2.75) is 25.4 Å². The Balaban J connectivity index is 2.15. The van der Waals surface area contributed by atoms with E-state index in [4.69, 9.17) is 5.26 Å². The van der Waals surface area contributed by atoms with E-state index < -0.39 is 16.6 Å². The fraction of sp³-hybridized carbons (Fsp3) is 0.235. The lowest BCUT2D eigenvalue weighted by molar-refractivity contribution is 0.626. The van der Waals surface area contributed by atoms with E-state index in [9.17, 15) is 8.60 Å². The minimum atomic E-state index is -1.18. The molecule has 0 saturated heterocycles. The Bertz CT molecular complexity index is 714. The van der Waals surface area contributed by atoms with E-state index in [1.165, 1.54) is 18.2 Å². The second-order valence-electron chi connectivity index (χ2n) is 5.14. The maximum Gasteiger partial charge on any atom is 0.123 e. The average Bonchev–Trinajstić information content (AvgIpc) is 2.37. The lowest BCUT2D eigenvalue weighted by Gasteiger charge is -2.07. The van der Waals surface area contributed by atoms with Gasteiger partial charge < -0.3 is 0 Å². The Morgan fingerprint density at radius 1 is 1.10 bits per heavy atom. The fourth-order valence-electron chi connectivity index (χ4n) is 2.35. The third-order valence-electron chi connectivity index (χ3n) is 3.11. The lowest BCUT2D eigenvalue weighted by atomic mass is 10.1. The molecule has 0 N–H and O–H groups in total. The van der Waals surface area contributed by atoms with Crippen molar-refractivity contribution in [3.8, 4) is 6.07 Å². The lowest BCUT2D eigenvalue weighted by Crippen LogP contribution is -2.02. The number of nitrogens with zero attached hydrogens (tertiary/aromatic N) is 1. The molecule has 4 heteroatoms. The summed E-state index contributed by atoms with van der Waals surface area (Å²) in [7, 11) is -1.18. The highest BCUT2D eigenvalue weighted by molar-refractivity contribution is 7.83. The molecule has 21 heavy (non-hydrogen) atoms. The molecule has 0 aliphatic carbocycles. The monoisotopic (exact) mass is 301 g/mol. The highest BCUT2D eigenvalue weighted by Crippen LogP contribution is 2.16. The van der Waals surface area contributed by atoms with Crippen LogP contribution < -0.4 is 0 Å². The summed E-state index contributed by atoms with van der Waals surface area (Å²) in [6.07, 6.45) is 0. The zero-order valence-corrected chi connectivity index (χ0v) is 12.8. The van der Waals surface area contributed by atoms with Crippen molar-refractivity contribution in [3.05, 3.63) is 70.0 Å². The molecule has 0 saturated carbocycles. The smallest absolute Gasteiger partial charge is 0.123 e. The number of nitriles is 1. The van der Waals surface area contributed by atoms with Crippen LogP contribution in [0.1, 0.15) is 27.8 Å². The first kappa shape index (κ1) is 15.4. The number of aryl methyl sites for hydroxylation is 2. The standard InChI is InChI=1S/C17H16FNOS/c1-12-5-13(2)7-14(6-12)10-21(20)11-16-8-17(18)4-3-15(16)9-19/h3-8H,10-11H2,1-2H3. The van der Waals surface area contributed by atoms with Gasteiger partial charge in [0.25, 0.3) is 0 Å². The summed E-state index contributed by atoms with van der Waals surface area (Å²) < 4.78 is 25.5. The number of hydrogen-bond donors (Lipinski definition) is 0. The van der Waals surface area contributed by atoms with Crippen LogP contribution in [0.3, 0.4) is 0 Å². The summed E-state index contributed by atoms with van der Waals surface area (Å²) in [5.41, 5.74) is 4.14. The zero-order valence-electron chi connectivity index (χ0n) is 12.0. The Labute approximate surface area is 126 Å². The van der Waals surface area contributed by atoms with Gasteiger partial charge >= 0.3 is 0 Å². The van der Waals surface area contributed by atoms with Crippen LogP contribution in [0.25, 0.3) is 0 Å². The molecule has 2 rings (SSSR count).